The summed E-state index contributed by atoms with van der Waals surface area (Å²) < 4.78 is 10.4. The third-order valence-electron chi connectivity index (χ3n) is 2.54. The number of imide groups is 1. The molecule has 0 N–H and O–H groups in total. The molecule has 0 aliphatic heterocycles. The van der Waals surface area contributed by atoms with Gasteiger partial charge in [-0.3, -0.25) is 10.1 Å². The van der Waals surface area contributed by atoms with Crippen molar-refractivity contribution in [1.29, 1.82) is 0 Å². The maximum atomic E-state index is 12.5. The first-order valence-electron chi connectivity index (χ1n) is 7.42. The van der Waals surface area contributed by atoms with Crippen molar-refractivity contribution >= 4 is 35.2 Å². The number of benzene rings is 1. The van der Waals surface area contributed by atoms with Crippen molar-refractivity contribution in [3.8, 4) is 0 Å². The highest BCUT2D eigenvalue weighted by atomic mass is 35.5. The van der Waals surface area contributed by atoms with Crippen LogP contribution >= 0.6 is 11.6 Å². The van der Waals surface area contributed by atoms with Gasteiger partial charge in [0.15, 0.2) is 0 Å². The Morgan fingerprint density at radius 1 is 1.04 bits per heavy atom. The van der Waals surface area contributed by atoms with Gasteiger partial charge in [-0.2, -0.15) is 4.90 Å². The van der Waals surface area contributed by atoms with Gasteiger partial charge in [0.05, 0.1) is 4.92 Å². The zero-order valence-electron chi connectivity index (χ0n) is 15.0. The number of nitro groups is 1. The zero-order chi connectivity index (χ0) is 19.6. The molecule has 0 unspecified atom stereocenters. The van der Waals surface area contributed by atoms with Crippen LogP contribution in [0, 0.1) is 10.1 Å². The molecule has 0 radical (unpaired) electrons. The van der Waals surface area contributed by atoms with Crippen LogP contribution in [0.2, 0.25) is 5.02 Å². The van der Waals surface area contributed by atoms with Crippen molar-refractivity contribution in [2.24, 2.45) is 0 Å². The summed E-state index contributed by atoms with van der Waals surface area (Å²) in [5.41, 5.74) is -2.78. The van der Waals surface area contributed by atoms with Gasteiger partial charge in [-0.15, -0.1) is 0 Å². The van der Waals surface area contributed by atoms with E-state index < -0.39 is 34.0 Å². The van der Waals surface area contributed by atoms with E-state index in [4.69, 9.17) is 21.1 Å². The molecular formula is C16H21ClN2O6. The molecule has 1 rings (SSSR count). The van der Waals surface area contributed by atoms with Gasteiger partial charge in [0.2, 0.25) is 0 Å². The number of hydrogen-bond donors (Lipinski definition) is 0. The molecule has 0 fully saturated rings. The van der Waals surface area contributed by atoms with Crippen LogP contribution in [-0.4, -0.2) is 28.3 Å². The number of rotatable bonds is 2. The minimum absolute atomic E-state index is 0.223. The molecule has 0 atom stereocenters. The van der Waals surface area contributed by atoms with E-state index in [-0.39, 0.29) is 10.7 Å². The van der Waals surface area contributed by atoms with Crippen LogP contribution in [0.3, 0.4) is 0 Å². The molecule has 1 aromatic carbocycles. The van der Waals surface area contributed by atoms with Crippen LogP contribution < -0.4 is 4.90 Å². The Hall–Kier alpha value is -2.35. The van der Waals surface area contributed by atoms with E-state index in [2.05, 4.69) is 0 Å². The Kier molecular flexibility index (Phi) is 6.01. The Morgan fingerprint density at radius 3 is 1.84 bits per heavy atom. The average molecular weight is 373 g/mol. The van der Waals surface area contributed by atoms with Crippen LogP contribution in [-0.2, 0) is 9.47 Å². The minimum atomic E-state index is -1.10. The number of para-hydroxylation sites is 1. The van der Waals surface area contributed by atoms with Crippen LogP contribution in [0.5, 0.6) is 0 Å². The summed E-state index contributed by atoms with van der Waals surface area (Å²) in [5, 5.41) is 11.1. The topological polar surface area (TPSA) is 99.0 Å². The molecule has 0 aliphatic rings. The standard InChI is InChI=1S/C16H21ClN2O6/c1-15(2,3)24-13(20)18(14(21)25-16(4,5)6)11-9-7-8-10(17)12(11)19(22)23/h7-9H,1-6H3. The predicted octanol–water partition coefficient (Wildman–Crippen LogP) is 4.92. The Morgan fingerprint density at radius 2 is 1.48 bits per heavy atom. The number of ether oxygens (including phenoxy) is 2. The lowest BCUT2D eigenvalue weighted by Crippen LogP contribution is -2.44. The first-order valence-corrected chi connectivity index (χ1v) is 7.80. The molecule has 0 heterocycles. The summed E-state index contributed by atoms with van der Waals surface area (Å²) >= 11 is 5.87. The Balaban J connectivity index is 3.47. The molecule has 0 aromatic heterocycles. The number of carbonyl (C=O) groups is 2. The fourth-order valence-corrected chi connectivity index (χ4v) is 1.99. The van der Waals surface area contributed by atoms with Crippen molar-refractivity contribution in [2.45, 2.75) is 52.7 Å². The monoisotopic (exact) mass is 372 g/mol. The normalized spacial score (nSPS) is 11.6. The highest BCUT2D eigenvalue weighted by Crippen LogP contribution is 2.36. The lowest BCUT2D eigenvalue weighted by Gasteiger charge is -2.28. The van der Waals surface area contributed by atoms with E-state index >= 15 is 0 Å². The van der Waals surface area contributed by atoms with Gasteiger partial charge < -0.3 is 9.47 Å². The third-order valence-corrected chi connectivity index (χ3v) is 2.85. The molecule has 138 valence electrons. The molecule has 1 aromatic rings. The third kappa shape index (κ3) is 5.90. The summed E-state index contributed by atoms with van der Waals surface area (Å²) in [6, 6.07) is 3.88. The van der Waals surface area contributed by atoms with Crippen LogP contribution in [0.4, 0.5) is 21.0 Å². The summed E-state index contributed by atoms with van der Waals surface area (Å²) in [5.74, 6) is 0. The maximum absolute atomic E-state index is 12.5. The van der Waals surface area contributed by atoms with Crippen molar-refractivity contribution in [3.63, 3.8) is 0 Å². The number of halogens is 1. The molecule has 0 spiro atoms. The first kappa shape index (κ1) is 20.7. The summed E-state index contributed by atoms with van der Waals surface area (Å²) in [4.78, 5) is 36.1. The summed E-state index contributed by atoms with van der Waals surface area (Å²) in [6.07, 6.45) is -2.21. The number of anilines is 1. The average Bonchev–Trinajstić information content (AvgIpc) is 2.33. The van der Waals surface area contributed by atoms with E-state index in [9.17, 15) is 19.7 Å². The van der Waals surface area contributed by atoms with E-state index in [0.29, 0.717) is 4.90 Å². The van der Waals surface area contributed by atoms with Gasteiger partial charge in [0.25, 0.3) is 0 Å². The van der Waals surface area contributed by atoms with Gasteiger partial charge in [0, 0.05) is 0 Å². The smallest absolute Gasteiger partial charge is 0.424 e. The molecule has 8 nitrogen and oxygen atoms in total. The Bertz CT molecular complexity index is 663. The van der Waals surface area contributed by atoms with E-state index in [0.717, 1.165) is 0 Å². The van der Waals surface area contributed by atoms with Gasteiger partial charge in [-0.1, -0.05) is 17.7 Å². The van der Waals surface area contributed by atoms with Gasteiger partial charge in [0.1, 0.15) is 21.9 Å². The molecule has 2 amide bonds. The van der Waals surface area contributed by atoms with Crippen molar-refractivity contribution in [2.75, 3.05) is 4.90 Å². The van der Waals surface area contributed by atoms with Crippen LogP contribution in [0.25, 0.3) is 0 Å². The van der Waals surface area contributed by atoms with Gasteiger partial charge in [-0.25, -0.2) is 9.59 Å². The molecule has 0 bridgehead atoms. The molecule has 0 saturated carbocycles. The highest BCUT2D eigenvalue weighted by Gasteiger charge is 2.37. The number of carbonyl (C=O) groups excluding carboxylic acids is 2. The molecular weight excluding hydrogens is 352 g/mol. The fraction of sp³-hybridized carbons (Fsp3) is 0.500. The first-order chi connectivity index (χ1) is 11.2. The van der Waals surface area contributed by atoms with Crippen LogP contribution in [0.1, 0.15) is 41.5 Å². The largest absolute Gasteiger partial charge is 0.443 e. The minimum Gasteiger partial charge on any atom is -0.443 e. The number of hydrogen-bond acceptors (Lipinski definition) is 6. The van der Waals surface area contributed by atoms with E-state index in [1.807, 2.05) is 0 Å². The number of nitrogens with zero attached hydrogens (tertiary/aromatic N) is 2. The van der Waals surface area contributed by atoms with Crippen molar-refractivity contribution < 1.29 is 24.0 Å². The second-order valence-corrected chi connectivity index (χ2v) is 7.57. The second-order valence-electron chi connectivity index (χ2n) is 7.16. The molecule has 0 saturated heterocycles. The van der Waals surface area contributed by atoms with Crippen molar-refractivity contribution in [1.82, 2.24) is 0 Å². The van der Waals surface area contributed by atoms with E-state index in [1.165, 1.54) is 18.2 Å². The predicted molar refractivity (Wildman–Crippen MR) is 93.1 cm³/mol. The van der Waals surface area contributed by atoms with E-state index in [1.54, 1.807) is 41.5 Å². The fourth-order valence-electron chi connectivity index (χ4n) is 1.75. The lowest BCUT2D eigenvalue weighted by molar-refractivity contribution is -0.383. The van der Waals surface area contributed by atoms with Crippen molar-refractivity contribution in [3.05, 3.63) is 33.3 Å². The molecule has 9 heteroatoms. The summed E-state index contributed by atoms with van der Waals surface area (Å²) in [7, 11) is 0. The molecule has 25 heavy (non-hydrogen) atoms. The summed E-state index contributed by atoms with van der Waals surface area (Å²) in [6.45, 7) is 9.61. The van der Waals surface area contributed by atoms with Crippen LogP contribution in [0.15, 0.2) is 18.2 Å². The van der Waals surface area contributed by atoms with Gasteiger partial charge in [-0.05, 0) is 53.7 Å². The number of nitro benzene ring substituents is 1. The highest BCUT2D eigenvalue weighted by molar-refractivity contribution is 6.33. The Labute approximate surface area is 150 Å². The SMILES string of the molecule is CC(C)(C)OC(=O)N(C(=O)OC(C)(C)C)c1cccc(Cl)c1[N+](=O)[O-]. The molecule has 0 aliphatic carbocycles. The lowest BCUT2D eigenvalue weighted by atomic mass is 10.2. The maximum Gasteiger partial charge on any atom is 0.424 e. The zero-order valence-corrected chi connectivity index (χ0v) is 15.7. The number of amides is 2. The van der Waals surface area contributed by atoms with Gasteiger partial charge >= 0.3 is 17.9 Å². The quantitative estimate of drug-likeness (QED) is 0.539. The second kappa shape index (κ2) is 7.26.